The minimum absolute atomic E-state index is 0.275. The van der Waals surface area contributed by atoms with Crippen molar-refractivity contribution in [2.45, 2.75) is 51.9 Å². The maximum atomic E-state index is 5.70. The number of rotatable bonds is 10. The molecule has 0 saturated carbocycles. The molecule has 0 saturated heterocycles. The highest BCUT2D eigenvalue weighted by atomic mass is 35.5. The number of alkyl halides is 1. The molecule has 0 amide bonds. The van der Waals surface area contributed by atoms with Gasteiger partial charge in [0, 0.05) is 5.88 Å². The van der Waals surface area contributed by atoms with Gasteiger partial charge < -0.3 is 0 Å². The summed E-state index contributed by atoms with van der Waals surface area (Å²) in [5.74, 6) is 0.798. The van der Waals surface area contributed by atoms with Crippen LogP contribution in [0.4, 0.5) is 0 Å². The van der Waals surface area contributed by atoms with Gasteiger partial charge in [-0.05, 0) is 36.7 Å². The first-order valence-corrected chi connectivity index (χ1v) is 7.97. The number of benzene rings is 1. The molecule has 0 radical (unpaired) electrons. The number of hydrogen-bond acceptors (Lipinski definition) is 0. The first-order valence-electron chi connectivity index (χ1n) is 7.44. The molecule has 0 N–H and O–H groups in total. The van der Waals surface area contributed by atoms with Gasteiger partial charge >= 0.3 is 0 Å². The quantitative estimate of drug-likeness (QED) is 0.280. The Kier molecular flexibility index (Phi) is 7.90. The van der Waals surface area contributed by atoms with Crippen LogP contribution in [0.5, 0.6) is 0 Å². The lowest BCUT2D eigenvalue weighted by Crippen LogP contribution is -2.14. The molecule has 0 aliphatic heterocycles. The van der Waals surface area contributed by atoms with Gasteiger partial charge in [0.15, 0.2) is 0 Å². The Balaban J connectivity index is 2.31. The molecule has 0 bridgehead atoms. The maximum Gasteiger partial charge on any atom is 0.0223 e. The van der Waals surface area contributed by atoms with Crippen molar-refractivity contribution in [1.82, 2.24) is 0 Å². The van der Waals surface area contributed by atoms with E-state index in [-0.39, 0.29) is 5.41 Å². The summed E-state index contributed by atoms with van der Waals surface area (Å²) in [7, 11) is 0. The summed E-state index contributed by atoms with van der Waals surface area (Å²) < 4.78 is 0. The second-order valence-electron chi connectivity index (χ2n) is 5.70. The average molecular weight is 279 g/mol. The molecular formula is C18H27Cl. The standard InChI is InChI=1S/C18H27Cl/c1-3-18(2,14-9-4-5-10-16-19)15-13-17-11-7-6-8-12-17/h3,6-8,11-12H,1,4-5,9-10,13-16H2,2H3. The van der Waals surface area contributed by atoms with Gasteiger partial charge in [-0.3, -0.25) is 0 Å². The molecule has 0 aliphatic carbocycles. The molecule has 1 aromatic carbocycles. The topological polar surface area (TPSA) is 0 Å². The van der Waals surface area contributed by atoms with E-state index in [1.807, 2.05) is 0 Å². The molecule has 0 spiro atoms. The molecule has 0 heterocycles. The van der Waals surface area contributed by atoms with Crippen molar-refractivity contribution >= 4 is 11.6 Å². The van der Waals surface area contributed by atoms with Crippen LogP contribution < -0.4 is 0 Å². The molecular weight excluding hydrogens is 252 g/mol. The van der Waals surface area contributed by atoms with Crippen LogP contribution in [0.2, 0.25) is 0 Å². The number of halogens is 1. The first-order chi connectivity index (χ1) is 9.20. The summed E-state index contributed by atoms with van der Waals surface area (Å²) in [6.07, 6.45) is 10.7. The van der Waals surface area contributed by atoms with E-state index in [0.29, 0.717) is 0 Å². The van der Waals surface area contributed by atoms with Gasteiger partial charge in [0.05, 0.1) is 0 Å². The van der Waals surface area contributed by atoms with E-state index in [2.05, 4.69) is 49.9 Å². The number of allylic oxidation sites excluding steroid dienone is 1. The van der Waals surface area contributed by atoms with Crippen LogP contribution in [0, 0.1) is 5.41 Å². The van der Waals surface area contributed by atoms with Gasteiger partial charge in [-0.1, -0.05) is 62.6 Å². The Hall–Kier alpha value is -0.750. The van der Waals surface area contributed by atoms with Crippen molar-refractivity contribution in [3.05, 3.63) is 48.6 Å². The van der Waals surface area contributed by atoms with Crippen LogP contribution >= 0.6 is 11.6 Å². The van der Waals surface area contributed by atoms with Gasteiger partial charge in [-0.15, -0.1) is 18.2 Å². The van der Waals surface area contributed by atoms with Gasteiger partial charge in [-0.25, -0.2) is 0 Å². The highest BCUT2D eigenvalue weighted by Gasteiger charge is 2.19. The molecule has 19 heavy (non-hydrogen) atoms. The Morgan fingerprint density at radius 1 is 1.05 bits per heavy atom. The molecule has 0 fully saturated rings. The molecule has 1 heteroatoms. The Labute approximate surface area is 123 Å². The average Bonchev–Trinajstić information content (AvgIpc) is 2.46. The summed E-state index contributed by atoms with van der Waals surface area (Å²) in [6.45, 7) is 6.38. The van der Waals surface area contributed by atoms with Gasteiger partial charge in [-0.2, -0.15) is 0 Å². The van der Waals surface area contributed by atoms with Crippen LogP contribution in [0.3, 0.4) is 0 Å². The molecule has 0 nitrogen and oxygen atoms in total. The lowest BCUT2D eigenvalue weighted by atomic mass is 9.79. The SMILES string of the molecule is C=CC(C)(CCCCCCCl)CCc1ccccc1. The normalized spacial score (nSPS) is 14.0. The number of hydrogen-bond donors (Lipinski definition) is 0. The Bertz CT molecular complexity index is 344. The van der Waals surface area contributed by atoms with Crippen molar-refractivity contribution < 1.29 is 0 Å². The molecule has 0 aliphatic rings. The zero-order chi connectivity index (χ0) is 14.0. The zero-order valence-corrected chi connectivity index (χ0v) is 13.0. The van der Waals surface area contributed by atoms with Gasteiger partial charge in [0.2, 0.25) is 0 Å². The summed E-state index contributed by atoms with van der Waals surface area (Å²) >= 11 is 5.70. The van der Waals surface area contributed by atoms with Crippen LogP contribution in [-0.2, 0) is 6.42 Å². The lowest BCUT2D eigenvalue weighted by molar-refractivity contribution is 0.344. The summed E-state index contributed by atoms with van der Waals surface area (Å²) in [4.78, 5) is 0. The van der Waals surface area contributed by atoms with Crippen molar-refractivity contribution in [2.75, 3.05) is 5.88 Å². The first kappa shape index (κ1) is 16.3. The predicted molar refractivity (Wildman–Crippen MR) is 86.9 cm³/mol. The zero-order valence-electron chi connectivity index (χ0n) is 12.2. The molecule has 1 rings (SSSR count). The predicted octanol–water partition coefficient (Wildman–Crippen LogP) is 6.00. The summed E-state index contributed by atoms with van der Waals surface area (Å²) in [6, 6.07) is 10.7. The van der Waals surface area contributed by atoms with Gasteiger partial charge in [0.25, 0.3) is 0 Å². The highest BCUT2D eigenvalue weighted by molar-refractivity contribution is 6.17. The fourth-order valence-electron chi connectivity index (χ4n) is 2.38. The fourth-order valence-corrected chi connectivity index (χ4v) is 2.57. The fraction of sp³-hybridized carbons (Fsp3) is 0.556. The summed E-state index contributed by atoms with van der Waals surface area (Å²) in [5, 5.41) is 0. The third-order valence-corrected chi connectivity index (χ3v) is 4.22. The van der Waals surface area contributed by atoms with Crippen LogP contribution in [-0.4, -0.2) is 5.88 Å². The molecule has 0 aromatic heterocycles. The number of unbranched alkanes of at least 4 members (excludes halogenated alkanes) is 3. The maximum absolute atomic E-state index is 5.70. The van der Waals surface area contributed by atoms with E-state index in [1.165, 1.54) is 37.7 Å². The third-order valence-electron chi connectivity index (χ3n) is 3.95. The molecule has 1 unspecified atom stereocenters. The molecule has 1 atom stereocenters. The van der Waals surface area contributed by atoms with E-state index in [0.717, 1.165) is 18.7 Å². The smallest absolute Gasteiger partial charge is 0.0223 e. The minimum atomic E-state index is 0.275. The van der Waals surface area contributed by atoms with Crippen molar-refractivity contribution in [3.63, 3.8) is 0 Å². The van der Waals surface area contributed by atoms with E-state index < -0.39 is 0 Å². The monoisotopic (exact) mass is 278 g/mol. The highest BCUT2D eigenvalue weighted by Crippen LogP contribution is 2.31. The Morgan fingerprint density at radius 3 is 2.37 bits per heavy atom. The Morgan fingerprint density at radius 2 is 1.74 bits per heavy atom. The van der Waals surface area contributed by atoms with E-state index in [4.69, 9.17) is 11.6 Å². The summed E-state index contributed by atoms with van der Waals surface area (Å²) in [5.41, 5.74) is 1.70. The van der Waals surface area contributed by atoms with E-state index >= 15 is 0 Å². The second-order valence-corrected chi connectivity index (χ2v) is 6.07. The van der Waals surface area contributed by atoms with Crippen LogP contribution in [0.25, 0.3) is 0 Å². The van der Waals surface area contributed by atoms with E-state index in [1.54, 1.807) is 0 Å². The van der Waals surface area contributed by atoms with Crippen LogP contribution in [0.1, 0.15) is 51.0 Å². The van der Waals surface area contributed by atoms with Crippen molar-refractivity contribution in [2.24, 2.45) is 5.41 Å². The van der Waals surface area contributed by atoms with Crippen LogP contribution in [0.15, 0.2) is 43.0 Å². The van der Waals surface area contributed by atoms with Gasteiger partial charge in [0.1, 0.15) is 0 Å². The second kappa shape index (κ2) is 9.20. The lowest BCUT2D eigenvalue weighted by Gasteiger charge is -2.26. The number of aryl methyl sites for hydroxylation is 1. The van der Waals surface area contributed by atoms with Crippen molar-refractivity contribution in [1.29, 1.82) is 0 Å². The largest absolute Gasteiger partial charge is 0.127 e. The third kappa shape index (κ3) is 6.82. The molecule has 106 valence electrons. The van der Waals surface area contributed by atoms with E-state index in [9.17, 15) is 0 Å². The molecule has 1 aromatic rings. The minimum Gasteiger partial charge on any atom is -0.127 e. The van der Waals surface area contributed by atoms with Crippen molar-refractivity contribution in [3.8, 4) is 0 Å².